The first-order valence-electron chi connectivity index (χ1n) is 20.4. The Morgan fingerprint density at radius 1 is 0.632 bits per heavy atom. The normalized spacial score (nSPS) is 13.1. The molecule has 2 aliphatic rings. The van der Waals surface area contributed by atoms with E-state index >= 15 is 0 Å². The second-order valence-electron chi connectivity index (χ2n) is 15.9. The molecule has 4 heterocycles. The van der Waals surface area contributed by atoms with Crippen molar-refractivity contribution in [3.05, 3.63) is 129 Å². The van der Waals surface area contributed by atoms with Crippen molar-refractivity contribution in [1.29, 1.82) is 0 Å². The van der Waals surface area contributed by atoms with Crippen LogP contribution in [0.25, 0.3) is 22.5 Å². The van der Waals surface area contributed by atoms with E-state index in [1.165, 1.54) is 27.6 Å². The van der Waals surface area contributed by atoms with Crippen molar-refractivity contribution >= 4 is 68.5 Å². The van der Waals surface area contributed by atoms with Gasteiger partial charge in [0.05, 0.1) is 24.5 Å². The lowest BCUT2D eigenvalue weighted by Gasteiger charge is -2.30. The third kappa shape index (κ3) is 9.28. The average Bonchev–Trinajstić information content (AvgIpc) is 3.29. The van der Waals surface area contributed by atoms with E-state index in [1.807, 2.05) is 13.0 Å². The Morgan fingerprint density at radius 2 is 1.03 bits per heavy atom. The fourth-order valence-electron chi connectivity index (χ4n) is 7.34. The van der Waals surface area contributed by atoms with E-state index in [1.54, 1.807) is 71.7 Å². The number of nitrogens with zero attached hydrogens (tertiary/aromatic N) is 8. The molecule has 0 bridgehead atoms. The molecule has 8 rings (SSSR count). The van der Waals surface area contributed by atoms with Gasteiger partial charge in [-0.1, -0.05) is 36.0 Å². The predicted octanol–water partition coefficient (Wildman–Crippen LogP) is 7.71. The number of sulfone groups is 1. The lowest BCUT2D eigenvalue weighted by Crippen LogP contribution is -2.43. The van der Waals surface area contributed by atoms with Gasteiger partial charge in [-0.15, -0.1) is 0 Å². The number of rotatable bonds is 8. The molecule has 22 heteroatoms. The molecule has 2 aliphatic heterocycles. The van der Waals surface area contributed by atoms with Crippen LogP contribution in [0.1, 0.15) is 43.0 Å². The number of para-hydroxylation sites is 2. The summed E-state index contributed by atoms with van der Waals surface area (Å²) in [7, 11) is 2.50. The molecule has 0 radical (unpaired) electrons. The Labute approximate surface area is 392 Å². The van der Waals surface area contributed by atoms with E-state index < -0.39 is 61.7 Å². The lowest BCUT2D eigenvalue weighted by atomic mass is 9.97. The lowest BCUT2D eigenvalue weighted by molar-refractivity contribution is 0.0820. The number of nitrogens with one attached hydrogen (secondary N) is 2. The predicted molar refractivity (Wildman–Crippen MR) is 247 cm³/mol. The van der Waals surface area contributed by atoms with Crippen LogP contribution in [0.15, 0.2) is 83.1 Å². The van der Waals surface area contributed by atoms with Crippen molar-refractivity contribution < 1.29 is 45.2 Å². The monoisotopic (exact) mass is 970 g/mol. The molecule has 2 N–H and O–H groups in total. The third-order valence-corrected chi connectivity index (χ3v) is 12.1. The summed E-state index contributed by atoms with van der Waals surface area (Å²) in [6, 6.07) is 15.0. The van der Waals surface area contributed by atoms with Gasteiger partial charge >= 0.3 is 12.1 Å². The molecule has 0 fully saturated rings. The van der Waals surface area contributed by atoms with Crippen molar-refractivity contribution in [2.45, 2.75) is 37.2 Å². The van der Waals surface area contributed by atoms with Gasteiger partial charge in [0, 0.05) is 67.8 Å². The second-order valence-corrected chi connectivity index (χ2v) is 18.6. The van der Waals surface area contributed by atoms with Gasteiger partial charge in [0.2, 0.25) is 15.0 Å². The molecule has 2 aromatic heterocycles. The van der Waals surface area contributed by atoms with E-state index in [0.29, 0.717) is 49.1 Å². The van der Waals surface area contributed by atoms with Gasteiger partial charge in [-0.3, -0.25) is 9.59 Å². The van der Waals surface area contributed by atoms with Crippen molar-refractivity contribution in [1.82, 2.24) is 40.4 Å². The summed E-state index contributed by atoms with van der Waals surface area (Å²) in [5.41, 5.74) is 3.47. The summed E-state index contributed by atoms with van der Waals surface area (Å²) in [4.78, 5) is 72.4. The number of carbonyl (C=O) groups is 4. The van der Waals surface area contributed by atoms with Gasteiger partial charge in [0.25, 0.3) is 11.8 Å². The Bertz CT molecular complexity index is 3150. The number of fused-ring (bicyclic) bond motifs is 2. The topological polar surface area (TPSA) is 191 Å². The fourth-order valence-corrected chi connectivity index (χ4v) is 8.21. The number of carbonyl (C=O) groups excluding carboxylic acids is 4. The van der Waals surface area contributed by atoms with Gasteiger partial charge in [-0.05, 0) is 79.8 Å². The first kappa shape index (κ1) is 48.5. The van der Waals surface area contributed by atoms with Crippen molar-refractivity contribution in [3.63, 3.8) is 0 Å². The smallest absolute Gasteiger partial charge is 0.328 e. The highest BCUT2D eigenvalue weighted by Crippen LogP contribution is 2.41. The quantitative estimate of drug-likeness (QED) is 0.0863. The number of aryl methyl sites for hydroxylation is 2. The Balaban J connectivity index is 0.000000202. The van der Waals surface area contributed by atoms with Gasteiger partial charge in [0.15, 0.2) is 16.8 Å². The second kappa shape index (κ2) is 19.0. The molecule has 4 aromatic carbocycles. The minimum absolute atomic E-state index is 0.0655. The zero-order chi connectivity index (χ0) is 49.5. The Kier molecular flexibility index (Phi) is 13.6. The zero-order valence-electron chi connectivity index (χ0n) is 37.7. The molecule has 16 nitrogen and oxygen atoms in total. The molecule has 6 amide bonds. The van der Waals surface area contributed by atoms with Crippen LogP contribution in [0.3, 0.4) is 0 Å². The largest absolute Gasteiger partial charge is 0.345 e. The zero-order valence-corrected chi connectivity index (χ0v) is 39.3. The number of hydrogen-bond donors (Lipinski definition) is 2. The number of anilines is 4. The van der Waals surface area contributed by atoms with Crippen molar-refractivity contribution in [2.75, 3.05) is 50.5 Å². The van der Waals surface area contributed by atoms with Crippen molar-refractivity contribution in [2.24, 2.45) is 0 Å². The molecule has 352 valence electrons. The number of aromatic nitrogens is 4. The molecule has 0 aliphatic carbocycles. The Morgan fingerprint density at radius 3 is 1.41 bits per heavy atom. The highest BCUT2D eigenvalue weighted by Gasteiger charge is 2.37. The van der Waals surface area contributed by atoms with E-state index in [-0.39, 0.29) is 47.8 Å². The highest BCUT2D eigenvalue weighted by atomic mass is 32.2. The fraction of sp³-hybridized carbons (Fsp3) is 0.217. The van der Waals surface area contributed by atoms with Crippen LogP contribution in [-0.2, 0) is 22.9 Å². The van der Waals surface area contributed by atoms with E-state index in [0.717, 1.165) is 47.1 Å². The number of urea groups is 2. The number of thioether (sulfide) groups is 1. The molecule has 6 aromatic rings. The van der Waals surface area contributed by atoms with Crippen LogP contribution >= 0.6 is 11.8 Å². The van der Waals surface area contributed by atoms with Gasteiger partial charge in [0.1, 0.15) is 34.6 Å². The summed E-state index contributed by atoms with van der Waals surface area (Å²) < 4.78 is 83.5. The molecule has 68 heavy (non-hydrogen) atoms. The number of benzene rings is 4. The standard InChI is InChI=1S/C23H21F2N5O4S.C23H21F2N5O2S/c1-12-8-9-13(21(31)29(2)3)10-14(12)18-15-11-26-23(32)30(19-16(24)6-5-7-17(19)25)20(15)28-22(27-18)35(4,33)34;1-12-8-9-13(21(31)29(2)3)10-14(12)18-15-11-26-23(32)30(20(15)28-22(27-18)33-4)19-16(24)6-5-7-17(19)25/h5-10H,11H2,1-4H3,(H,26,32);5-10H,11H2,1-4H3,(H,26,32). The maximum absolute atomic E-state index is 14.7. The SMILES string of the molecule is CSc1nc(-c2cc(C(=O)N(C)C)ccc2C)c2c(n1)N(c1c(F)cccc1F)C(=O)NC2.Cc1ccc(C(=O)N(C)C)cc1-c1nc(S(C)(=O)=O)nc2c1CNC(=O)N2c1c(F)cccc1F. The first-order valence-corrected chi connectivity index (χ1v) is 23.5. The molecular formula is C46H42F4N10O6S2. The number of halogens is 4. The van der Waals surface area contributed by atoms with Crippen LogP contribution in [0.2, 0.25) is 0 Å². The first-order chi connectivity index (χ1) is 32.1. The van der Waals surface area contributed by atoms with Gasteiger partial charge < -0.3 is 20.4 Å². The van der Waals surface area contributed by atoms with Crippen LogP contribution in [0.5, 0.6) is 0 Å². The number of amides is 6. The maximum atomic E-state index is 14.7. The van der Waals surface area contributed by atoms with Crippen LogP contribution < -0.4 is 20.4 Å². The summed E-state index contributed by atoms with van der Waals surface area (Å²) >= 11 is 1.24. The van der Waals surface area contributed by atoms with E-state index in [9.17, 15) is 45.2 Å². The highest BCUT2D eigenvalue weighted by molar-refractivity contribution is 7.98. The van der Waals surface area contributed by atoms with E-state index in [4.69, 9.17) is 0 Å². The summed E-state index contributed by atoms with van der Waals surface area (Å²) in [5.74, 6) is -4.49. The molecule has 0 saturated carbocycles. The van der Waals surface area contributed by atoms with Crippen molar-refractivity contribution in [3.8, 4) is 22.5 Å². The minimum atomic E-state index is -4.01. The molecule has 0 atom stereocenters. The third-order valence-electron chi connectivity index (χ3n) is 10.7. The van der Waals surface area contributed by atoms with E-state index in [2.05, 4.69) is 30.6 Å². The summed E-state index contributed by atoms with van der Waals surface area (Å²) in [5, 5.41) is 4.88. The van der Waals surface area contributed by atoms with Crippen LogP contribution in [-0.4, -0.2) is 103 Å². The Hall–Kier alpha value is -7.46. The minimum Gasteiger partial charge on any atom is -0.345 e. The average molecular weight is 971 g/mol. The molecule has 0 saturated heterocycles. The molecule has 0 spiro atoms. The van der Waals surface area contributed by atoms with Gasteiger partial charge in [-0.25, -0.2) is 60.3 Å². The molecule has 0 unspecified atom stereocenters. The van der Waals surface area contributed by atoms with Crippen LogP contribution in [0.4, 0.5) is 50.2 Å². The summed E-state index contributed by atoms with van der Waals surface area (Å²) in [6.45, 7) is 3.55. The summed E-state index contributed by atoms with van der Waals surface area (Å²) in [6.07, 6.45) is 2.65. The molecular weight excluding hydrogens is 929 g/mol. The van der Waals surface area contributed by atoms with Crippen LogP contribution in [0, 0.1) is 37.1 Å². The number of hydrogen-bond acceptors (Lipinski definition) is 11. The maximum Gasteiger partial charge on any atom is 0.328 e. The van der Waals surface area contributed by atoms with Gasteiger partial charge in [-0.2, -0.15) is 4.98 Å².